The third-order valence-electron chi connectivity index (χ3n) is 4.94. The van der Waals surface area contributed by atoms with Gasteiger partial charge in [0.2, 0.25) is 5.91 Å². The number of carbonyl (C=O) groups excluding carboxylic acids is 1. The van der Waals surface area contributed by atoms with E-state index in [9.17, 15) is 4.79 Å². The molecule has 1 aromatic carbocycles. The summed E-state index contributed by atoms with van der Waals surface area (Å²) in [4.78, 5) is 17.1. The van der Waals surface area contributed by atoms with Crippen molar-refractivity contribution < 1.29 is 4.79 Å². The number of benzene rings is 1. The zero-order chi connectivity index (χ0) is 19.8. The number of aryl methyl sites for hydroxylation is 3. The van der Waals surface area contributed by atoms with Gasteiger partial charge in [-0.3, -0.25) is 9.48 Å². The minimum atomic E-state index is -0.164. The first-order valence-corrected chi connectivity index (χ1v) is 9.11. The molecule has 4 rings (SSSR count). The molecule has 7 nitrogen and oxygen atoms in total. The SMILES string of the molecule is Cc1cccc(-c2ccnc3c2c(C)nn3CC(=O)Nc2cnn(C)c2C)c1. The highest BCUT2D eigenvalue weighted by atomic mass is 16.2. The summed E-state index contributed by atoms with van der Waals surface area (Å²) in [6.07, 6.45) is 3.41. The van der Waals surface area contributed by atoms with E-state index in [0.29, 0.717) is 11.3 Å². The second kappa shape index (κ2) is 6.92. The van der Waals surface area contributed by atoms with Gasteiger partial charge in [-0.15, -0.1) is 0 Å². The van der Waals surface area contributed by atoms with E-state index in [1.807, 2.05) is 33.0 Å². The molecule has 142 valence electrons. The molecule has 0 spiro atoms. The van der Waals surface area contributed by atoms with Crippen molar-refractivity contribution in [3.05, 3.63) is 59.7 Å². The normalized spacial score (nSPS) is 11.1. The van der Waals surface area contributed by atoms with Gasteiger partial charge >= 0.3 is 0 Å². The van der Waals surface area contributed by atoms with Crippen LogP contribution in [0.15, 0.2) is 42.7 Å². The van der Waals surface area contributed by atoms with Crippen LogP contribution >= 0.6 is 0 Å². The molecule has 4 aromatic rings. The van der Waals surface area contributed by atoms with Crippen molar-refractivity contribution in [2.45, 2.75) is 27.3 Å². The molecule has 0 aliphatic heterocycles. The average Bonchev–Trinajstić information content (AvgIpc) is 3.15. The van der Waals surface area contributed by atoms with E-state index < -0.39 is 0 Å². The number of nitrogens with one attached hydrogen (secondary N) is 1. The summed E-state index contributed by atoms with van der Waals surface area (Å²) in [6.45, 7) is 6.01. The van der Waals surface area contributed by atoms with Crippen molar-refractivity contribution in [1.82, 2.24) is 24.5 Å². The first-order chi connectivity index (χ1) is 13.4. The van der Waals surface area contributed by atoms with Crippen LogP contribution in [0.1, 0.15) is 17.0 Å². The van der Waals surface area contributed by atoms with Crippen molar-refractivity contribution in [1.29, 1.82) is 0 Å². The Labute approximate surface area is 163 Å². The van der Waals surface area contributed by atoms with Crippen LogP contribution in [0.3, 0.4) is 0 Å². The lowest BCUT2D eigenvalue weighted by Crippen LogP contribution is -2.20. The molecule has 0 saturated heterocycles. The first-order valence-electron chi connectivity index (χ1n) is 9.11. The smallest absolute Gasteiger partial charge is 0.246 e. The Balaban J connectivity index is 1.68. The molecule has 0 aliphatic rings. The summed E-state index contributed by atoms with van der Waals surface area (Å²) in [6, 6.07) is 10.3. The van der Waals surface area contributed by atoms with Gasteiger partial charge in [0.1, 0.15) is 6.54 Å². The molecule has 0 saturated carbocycles. The van der Waals surface area contributed by atoms with Crippen molar-refractivity contribution in [3.63, 3.8) is 0 Å². The first kappa shape index (κ1) is 17.9. The predicted octanol–water partition coefficient (Wildman–Crippen LogP) is 3.40. The van der Waals surface area contributed by atoms with Crippen LogP contribution in [-0.2, 0) is 18.4 Å². The molecular formula is C21H22N6O. The minimum Gasteiger partial charge on any atom is -0.322 e. The largest absolute Gasteiger partial charge is 0.322 e. The van der Waals surface area contributed by atoms with Gasteiger partial charge in [0.15, 0.2) is 5.65 Å². The van der Waals surface area contributed by atoms with Crippen LogP contribution < -0.4 is 5.32 Å². The van der Waals surface area contributed by atoms with E-state index in [2.05, 4.69) is 45.6 Å². The quantitative estimate of drug-likeness (QED) is 0.594. The molecule has 0 atom stereocenters. The Morgan fingerprint density at radius 1 is 1.18 bits per heavy atom. The molecule has 0 fully saturated rings. The summed E-state index contributed by atoms with van der Waals surface area (Å²) in [5.41, 5.74) is 6.54. The highest BCUT2D eigenvalue weighted by Gasteiger charge is 2.16. The Morgan fingerprint density at radius 2 is 2.00 bits per heavy atom. The van der Waals surface area contributed by atoms with Gasteiger partial charge in [-0.25, -0.2) is 9.67 Å². The lowest BCUT2D eigenvalue weighted by atomic mass is 10.0. The fourth-order valence-corrected chi connectivity index (χ4v) is 3.39. The van der Waals surface area contributed by atoms with Gasteiger partial charge in [-0.2, -0.15) is 10.2 Å². The Morgan fingerprint density at radius 3 is 2.71 bits per heavy atom. The van der Waals surface area contributed by atoms with E-state index in [1.54, 1.807) is 21.8 Å². The summed E-state index contributed by atoms with van der Waals surface area (Å²) in [7, 11) is 1.84. The van der Waals surface area contributed by atoms with Gasteiger partial charge in [0.05, 0.1) is 23.3 Å². The maximum absolute atomic E-state index is 12.6. The summed E-state index contributed by atoms with van der Waals surface area (Å²) in [5, 5.41) is 12.6. The molecule has 0 bridgehead atoms. The van der Waals surface area contributed by atoms with Gasteiger partial charge in [0, 0.05) is 18.6 Å². The second-order valence-corrected chi connectivity index (χ2v) is 6.99. The third kappa shape index (κ3) is 3.15. The topological polar surface area (TPSA) is 77.6 Å². The van der Waals surface area contributed by atoms with E-state index in [0.717, 1.165) is 27.9 Å². The van der Waals surface area contributed by atoms with E-state index in [1.165, 1.54) is 5.56 Å². The van der Waals surface area contributed by atoms with Gasteiger partial charge in [-0.1, -0.05) is 29.8 Å². The van der Waals surface area contributed by atoms with E-state index >= 15 is 0 Å². The fourth-order valence-electron chi connectivity index (χ4n) is 3.39. The second-order valence-electron chi connectivity index (χ2n) is 6.99. The van der Waals surface area contributed by atoms with Crippen LogP contribution in [-0.4, -0.2) is 30.5 Å². The number of carbonyl (C=O) groups is 1. The average molecular weight is 374 g/mol. The van der Waals surface area contributed by atoms with Crippen molar-refractivity contribution in [3.8, 4) is 11.1 Å². The summed E-state index contributed by atoms with van der Waals surface area (Å²) >= 11 is 0. The van der Waals surface area contributed by atoms with E-state index in [4.69, 9.17) is 0 Å². The van der Waals surface area contributed by atoms with Crippen molar-refractivity contribution in [2.75, 3.05) is 5.32 Å². The Kier molecular flexibility index (Phi) is 4.43. The molecule has 7 heteroatoms. The number of aromatic nitrogens is 5. The van der Waals surface area contributed by atoms with Crippen molar-refractivity contribution in [2.24, 2.45) is 7.05 Å². The number of rotatable bonds is 4. The number of hydrogen-bond acceptors (Lipinski definition) is 4. The van der Waals surface area contributed by atoms with Crippen LogP contribution in [0.5, 0.6) is 0 Å². The molecule has 3 heterocycles. The fraction of sp³-hybridized carbons (Fsp3) is 0.238. The molecular weight excluding hydrogens is 352 g/mol. The number of pyridine rings is 1. The molecule has 0 unspecified atom stereocenters. The van der Waals surface area contributed by atoms with E-state index in [-0.39, 0.29) is 12.5 Å². The lowest BCUT2D eigenvalue weighted by Gasteiger charge is -2.07. The zero-order valence-electron chi connectivity index (χ0n) is 16.4. The minimum absolute atomic E-state index is 0.0863. The molecule has 1 N–H and O–H groups in total. The highest BCUT2D eigenvalue weighted by Crippen LogP contribution is 2.30. The van der Waals surface area contributed by atoms with Crippen LogP contribution in [0.2, 0.25) is 0 Å². The van der Waals surface area contributed by atoms with Crippen LogP contribution in [0, 0.1) is 20.8 Å². The number of nitrogens with zero attached hydrogens (tertiary/aromatic N) is 5. The number of anilines is 1. The van der Waals surface area contributed by atoms with Gasteiger partial charge < -0.3 is 5.32 Å². The van der Waals surface area contributed by atoms with Gasteiger partial charge in [-0.05, 0) is 38.0 Å². The number of hydrogen-bond donors (Lipinski definition) is 1. The molecule has 1 amide bonds. The standard InChI is InChI=1S/C21H22N6O/c1-13-6-5-7-16(10-13)17-8-9-22-21-20(17)14(2)25-27(21)12-19(28)24-18-11-23-26(4)15(18)3/h5-11H,12H2,1-4H3,(H,24,28). The van der Waals surface area contributed by atoms with Crippen LogP contribution in [0.4, 0.5) is 5.69 Å². The number of fused-ring (bicyclic) bond motifs is 1. The molecule has 3 aromatic heterocycles. The highest BCUT2D eigenvalue weighted by molar-refractivity contribution is 5.96. The maximum Gasteiger partial charge on any atom is 0.246 e. The molecule has 28 heavy (non-hydrogen) atoms. The third-order valence-corrected chi connectivity index (χ3v) is 4.94. The number of amides is 1. The molecule has 0 aliphatic carbocycles. The predicted molar refractivity (Wildman–Crippen MR) is 109 cm³/mol. The molecule has 0 radical (unpaired) electrons. The van der Waals surface area contributed by atoms with Crippen molar-refractivity contribution >= 4 is 22.6 Å². The Hall–Kier alpha value is -3.48. The zero-order valence-corrected chi connectivity index (χ0v) is 16.4. The maximum atomic E-state index is 12.6. The lowest BCUT2D eigenvalue weighted by molar-refractivity contribution is -0.116. The summed E-state index contributed by atoms with van der Waals surface area (Å²) in [5.74, 6) is -0.164. The van der Waals surface area contributed by atoms with Crippen LogP contribution in [0.25, 0.3) is 22.2 Å². The summed E-state index contributed by atoms with van der Waals surface area (Å²) < 4.78 is 3.38. The Bertz CT molecular complexity index is 1190. The monoisotopic (exact) mass is 374 g/mol. The van der Waals surface area contributed by atoms with Gasteiger partial charge in [0.25, 0.3) is 0 Å².